The monoisotopic (exact) mass is 293 g/mol. The number of nitrogen functional groups attached to an aromatic ring is 1. The van der Waals surface area contributed by atoms with E-state index in [9.17, 15) is 14.9 Å². The summed E-state index contributed by atoms with van der Waals surface area (Å²) in [5, 5.41) is 13.5. The lowest BCUT2D eigenvalue weighted by Crippen LogP contribution is -2.38. The fourth-order valence-electron chi connectivity index (χ4n) is 2.44. The summed E-state index contributed by atoms with van der Waals surface area (Å²) in [6.45, 7) is 3.81. The Morgan fingerprint density at radius 1 is 1.52 bits per heavy atom. The normalized spacial score (nSPS) is 15.8. The standard InChI is InChI=1S/C13H19N5O3/c1-9(19)15-8-10-4-6-17(7-5-10)12-3-2-11(18(20)21)13(14)16-12/h2-3,10H,4-8H2,1H3,(H2,14,16)(H,15,19). The maximum atomic E-state index is 10.9. The van der Waals surface area contributed by atoms with Crippen LogP contribution in [-0.4, -0.2) is 35.4 Å². The Bertz CT molecular complexity index is 541. The molecule has 1 saturated heterocycles. The zero-order valence-corrected chi connectivity index (χ0v) is 11.9. The van der Waals surface area contributed by atoms with Crippen molar-refractivity contribution in [3.8, 4) is 0 Å². The Kier molecular flexibility index (Phi) is 4.56. The van der Waals surface area contributed by atoms with Crippen LogP contribution in [0.4, 0.5) is 17.3 Å². The summed E-state index contributed by atoms with van der Waals surface area (Å²) in [5.41, 5.74) is 5.44. The summed E-state index contributed by atoms with van der Waals surface area (Å²) in [6.07, 6.45) is 1.89. The summed E-state index contributed by atoms with van der Waals surface area (Å²) < 4.78 is 0. The number of anilines is 2. The second-order valence-corrected chi connectivity index (χ2v) is 5.20. The van der Waals surface area contributed by atoms with E-state index in [2.05, 4.69) is 15.2 Å². The van der Waals surface area contributed by atoms with Crippen molar-refractivity contribution >= 4 is 23.2 Å². The molecule has 0 bridgehead atoms. The molecular formula is C13H19N5O3. The number of amides is 1. The van der Waals surface area contributed by atoms with Crippen LogP contribution in [0.2, 0.25) is 0 Å². The van der Waals surface area contributed by atoms with E-state index in [1.54, 1.807) is 6.07 Å². The van der Waals surface area contributed by atoms with E-state index in [4.69, 9.17) is 5.73 Å². The summed E-state index contributed by atoms with van der Waals surface area (Å²) in [4.78, 5) is 27.2. The van der Waals surface area contributed by atoms with Crippen LogP contribution in [0.5, 0.6) is 0 Å². The van der Waals surface area contributed by atoms with Gasteiger partial charge in [-0.2, -0.15) is 0 Å². The molecule has 8 heteroatoms. The van der Waals surface area contributed by atoms with Gasteiger partial charge in [0.05, 0.1) is 4.92 Å². The third-order valence-electron chi connectivity index (χ3n) is 3.66. The maximum Gasteiger partial charge on any atom is 0.311 e. The van der Waals surface area contributed by atoms with Crippen LogP contribution in [0.25, 0.3) is 0 Å². The number of pyridine rings is 1. The number of aromatic nitrogens is 1. The highest BCUT2D eigenvalue weighted by Gasteiger charge is 2.22. The lowest BCUT2D eigenvalue weighted by Gasteiger charge is -2.32. The highest BCUT2D eigenvalue weighted by atomic mass is 16.6. The van der Waals surface area contributed by atoms with Crippen LogP contribution >= 0.6 is 0 Å². The van der Waals surface area contributed by atoms with Crippen molar-refractivity contribution < 1.29 is 9.72 Å². The number of nitrogens with zero attached hydrogens (tertiary/aromatic N) is 3. The first-order valence-electron chi connectivity index (χ1n) is 6.87. The van der Waals surface area contributed by atoms with E-state index in [1.165, 1.54) is 13.0 Å². The number of nitrogens with one attached hydrogen (secondary N) is 1. The van der Waals surface area contributed by atoms with Gasteiger partial charge in [0.2, 0.25) is 11.7 Å². The summed E-state index contributed by atoms with van der Waals surface area (Å²) in [7, 11) is 0. The molecule has 0 aromatic carbocycles. The summed E-state index contributed by atoms with van der Waals surface area (Å²) >= 11 is 0. The first-order valence-corrected chi connectivity index (χ1v) is 6.87. The van der Waals surface area contributed by atoms with Crippen molar-refractivity contribution in [2.75, 3.05) is 30.3 Å². The van der Waals surface area contributed by atoms with Crippen molar-refractivity contribution in [3.05, 3.63) is 22.2 Å². The van der Waals surface area contributed by atoms with Crippen molar-refractivity contribution in [2.45, 2.75) is 19.8 Å². The molecule has 114 valence electrons. The van der Waals surface area contributed by atoms with E-state index < -0.39 is 4.92 Å². The van der Waals surface area contributed by atoms with Gasteiger partial charge >= 0.3 is 5.69 Å². The molecule has 1 aromatic rings. The van der Waals surface area contributed by atoms with Gasteiger partial charge in [0, 0.05) is 32.6 Å². The minimum atomic E-state index is -0.536. The predicted molar refractivity (Wildman–Crippen MR) is 78.9 cm³/mol. The van der Waals surface area contributed by atoms with Crippen molar-refractivity contribution in [1.29, 1.82) is 0 Å². The lowest BCUT2D eigenvalue weighted by molar-refractivity contribution is -0.384. The molecular weight excluding hydrogens is 274 g/mol. The third kappa shape index (κ3) is 3.80. The molecule has 3 N–H and O–H groups in total. The molecule has 1 aliphatic heterocycles. The minimum Gasteiger partial charge on any atom is -0.378 e. The van der Waals surface area contributed by atoms with Crippen LogP contribution < -0.4 is 16.0 Å². The Morgan fingerprint density at radius 2 is 2.19 bits per heavy atom. The second kappa shape index (κ2) is 6.38. The number of hydrogen-bond donors (Lipinski definition) is 2. The molecule has 0 saturated carbocycles. The van der Waals surface area contributed by atoms with Crippen LogP contribution in [0.3, 0.4) is 0 Å². The summed E-state index contributed by atoms with van der Waals surface area (Å²) in [5.74, 6) is 1.05. The predicted octanol–water partition coefficient (Wildman–Crippen LogP) is 0.924. The van der Waals surface area contributed by atoms with E-state index in [0.29, 0.717) is 18.3 Å². The van der Waals surface area contributed by atoms with Crippen LogP contribution in [0, 0.1) is 16.0 Å². The van der Waals surface area contributed by atoms with E-state index in [1.807, 2.05) is 0 Å². The van der Waals surface area contributed by atoms with Crippen molar-refractivity contribution in [3.63, 3.8) is 0 Å². The topological polar surface area (TPSA) is 114 Å². The molecule has 0 aliphatic carbocycles. The van der Waals surface area contributed by atoms with Gasteiger partial charge in [-0.05, 0) is 24.8 Å². The number of rotatable bonds is 4. The Balaban J connectivity index is 1.94. The molecule has 21 heavy (non-hydrogen) atoms. The molecule has 1 amide bonds. The molecule has 0 spiro atoms. The van der Waals surface area contributed by atoms with Gasteiger partial charge in [0.15, 0.2) is 0 Å². The van der Waals surface area contributed by atoms with Crippen molar-refractivity contribution in [1.82, 2.24) is 10.3 Å². The summed E-state index contributed by atoms with van der Waals surface area (Å²) in [6, 6.07) is 3.02. The molecule has 1 fully saturated rings. The number of nitrogens with two attached hydrogens (primary N) is 1. The number of hydrogen-bond acceptors (Lipinski definition) is 6. The fourth-order valence-corrected chi connectivity index (χ4v) is 2.44. The first-order chi connectivity index (χ1) is 9.97. The van der Waals surface area contributed by atoms with Gasteiger partial charge in [0.1, 0.15) is 5.82 Å². The highest BCUT2D eigenvalue weighted by Crippen LogP contribution is 2.26. The smallest absolute Gasteiger partial charge is 0.311 e. The first kappa shape index (κ1) is 15.0. The Labute approximate surface area is 122 Å². The maximum absolute atomic E-state index is 10.9. The Morgan fingerprint density at radius 3 is 2.71 bits per heavy atom. The van der Waals surface area contributed by atoms with Gasteiger partial charge in [-0.25, -0.2) is 4.98 Å². The molecule has 1 aliphatic rings. The molecule has 0 unspecified atom stereocenters. The number of carbonyl (C=O) groups is 1. The van der Waals surface area contributed by atoms with Crippen molar-refractivity contribution in [2.24, 2.45) is 5.92 Å². The van der Waals surface area contributed by atoms with Gasteiger partial charge in [-0.1, -0.05) is 0 Å². The third-order valence-corrected chi connectivity index (χ3v) is 3.66. The Hall–Kier alpha value is -2.38. The zero-order chi connectivity index (χ0) is 15.4. The van der Waals surface area contributed by atoms with Gasteiger partial charge in [0.25, 0.3) is 0 Å². The van der Waals surface area contributed by atoms with E-state index >= 15 is 0 Å². The fraction of sp³-hybridized carbons (Fsp3) is 0.538. The molecule has 0 radical (unpaired) electrons. The number of nitro groups is 1. The van der Waals surface area contributed by atoms with Gasteiger partial charge in [-0.15, -0.1) is 0 Å². The zero-order valence-electron chi connectivity index (χ0n) is 11.9. The second-order valence-electron chi connectivity index (χ2n) is 5.20. The van der Waals surface area contributed by atoms with Crippen LogP contribution in [0.15, 0.2) is 12.1 Å². The largest absolute Gasteiger partial charge is 0.378 e. The molecule has 2 rings (SSSR count). The van der Waals surface area contributed by atoms with E-state index in [-0.39, 0.29) is 17.4 Å². The lowest BCUT2D eigenvalue weighted by atomic mass is 9.97. The average molecular weight is 293 g/mol. The minimum absolute atomic E-state index is 0.0118. The van der Waals surface area contributed by atoms with Gasteiger partial charge in [-0.3, -0.25) is 14.9 Å². The highest BCUT2D eigenvalue weighted by molar-refractivity contribution is 5.72. The molecule has 0 atom stereocenters. The quantitative estimate of drug-likeness (QED) is 0.630. The van der Waals surface area contributed by atoms with Gasteiger partial charge < -0.3 is 16.0 Å². The molecule has 1 aromatic heterocycles. The molecule has 8 nitrogen and oxygen atoms in total. The molecule has 2 heterocycles. The average Bonchev–Trinajstić information content (AvgIpc) is 2.45. The van der Waals surface area contributed by atoms with Crippen LogP contribution in [0.1, 0.15) is 19.8 Å². The SMILES string of the molecule is CC(=O)NCC1CCN(c2ccc([N+](=O)[O-])c(N)n2)CC1. The van der Waals surface area contributed by atoms with E-state index in [0.717, 1.165) is 25.9 Å². The van der Waals surface area contributed by atoms with Crippen LogP contribution in [-0.2, 0) is 4.79 Å². The number of carbonyl (C=O) groups excluding carboxylic acids is 1. The number of piperidine rings is 1.